The Hall–Kier alpha value is -3.29. The number of esters is 1. The number of fused-ring (bicyclic) bond motifs is 4. The van der Waals surface area contributed by atoms with Crippen LogP contribution >= 0.6 is 0 Å². The van der Waals surface area contributed by atoms with Gasteiger partial charge in [0, 0.05) is 24.0 Å². The zero-order chi connectivity index (χ0) is 18.6. The van der Waals surface area contributed by atoms with E-state index in [1.165, 1.54) is 4.90 Å². The Morgan fingerprint density at radius 2 is 2.15 bits per heavy atom. The van der Waals surface area contributed by atoms with Crippen LogP contribution in [0.5, 0.6) is 5.88 Å². The van der Waals surface area contributed by atoms with Crippen molar-refractivity contribution in [3.8, 4) is 5.88 Å². The lowest BCUT2D eigenvalue weighted by Gasteiger charge is -2.34. The van der Waals surface area contributed by atoms with E-state index in [1.807, 2.05) is 24.3 Å². The van der Waals surface area contributed by atoms with E-state index < -0.39 is 11.4 Å². The van der Waals surface area contributed by atoms with Crippen molar-refractivity contribution in [2.45, 2.75) is 19.3 Å². The Morgan fingerprint density at radius 1 is 1.42 bits per heavy atom. The van der Waals surface area contributed by atoms with E-state index in [-0.39, 0.29) is 29.9 Å². The van der Waals surface area contributed by atoms with Gasteiger partial charge in [-0.1, -0.05) is 18.2 Å². The summed E-state index contributed by atoms with van der Waals surface area (Å²) in [5.74, 6) is -0.985. The van der Waals surface area contributed by atoms with E-state index in [1.54, 1.807) is 20.9 Å². The lowest BCUT2D eigenvalue weighted by Crippen LogP contribution is -2.48. The van der Waals surface area contributed by atoms with E-state index in [2.05, 4.69) is 10.2 Å². The number of carbonyl (C=O) groups excluding carboxylic acids is 2. The summed E-state index contributed by atoms with van der Waals surface area (Å²) in [5, 5.41) is 6.94. The fourth-order valence-electron chi connectivity index (χ4n) is 3.89. The molecule has 134 valence electrons. The van der Waals surface area contributed by atoms with Crippen molar-refractivity contribution in [3.05, 3.63) is 52.5 Å². The number of carbonyl (C=O) groups is 2. The predicted molar refractivity (Wildman–Crippen MR) is 92.4 cm³/mol. The lowest BCUT2D eigenvalue weighted by molar-refractivity contribution is -0.140. The molecule has 2 aliphatic heterocycles. The second-order valence-electron chi connectivity index (χ2n) is 6.22. The van der Waals surface area contributed by atoms with E-state index in [4.69, 9.17) is 15.2 Å². The molecule has 0 aliphatic carbocycles. The molecule has 1 spiro atoms. The molecular weight excluding hydrogens is 336 g/mol. The number of nitrogens with zero attached hydrogens (tertiary/aromatic N) is 2. The highest BCUT2D eigenvalue weighted by Gasteiger charge is 2.61. The number of amides is 1. The maximum absolute atomic E-state index is 13.5. The molecule has 1 aromatic carbocycles. The minimum Gasteiger partial charge on any atom is -0.462 e. The van der Waals surface area contributed by atoms with Crippen molar-refractivity contribution in [1.82, 2.24) is 10.2 Å². The second-order valence-corrected chi connectivity index (χ2v) is 6.22. The molecule has 1 unspecified atom stereocenters. The van der Waals surface area contributed by atoms with Crippen molar-refractivity contribution in [2.24, 2.45) is 5.73 Å². The third-order valence-corrected chi connectivity index (χ3v) is 4.89. The third-order valence-electron chi connectivity index (χ3n) is 4.89. The SMILES string of the molecule is CCOC(=O)C1=C(N)Oc2n[nH]c(C)c2C12C(=O)N(C)c1ccccc12. The van der Waals surface area contributed by atoms with Gasteiger partial charge < -0.3 is 20.1 Å². The summed E-state index contributed by atoms with van der Waals surface area (Å²) in [4.78, 5) is 27.9. The Labute approximate surface area is 149 Å². The molecule has 2 aromatic rings. The summed E-state index contributed by atoms with van der Waals surface area (Å²) in [5.41, 5.74) is 7.06. The number of ether oxygens (including phenoxy) is 2. The molecule has 1 amide bonds. The van der Waals surface area contributed by atoms with E-state index >= 15 is 0 Å². The van der Waals surface area contributed by atoms with Gasteiger partial charge in [-0.3, -0.25) is 9.89 Å². The second kappa shape index (κ2) is 5.35. The van der Waals surface area contributed by atoms with Crippen molar-refractivity contribution in [3.63, 3.8) is 0 Å². The Balaban J connectivity index is 2.13. The van der Waals surface area contributed by atoms with E-state index in [0.29, 0.717) is 22.5 Å². The van der Waals surface area contributed by atoms with Crippen LogP contribution in [-0.4, -0.2) is 35.7 Å². The predicted octanol–water partition coefficient (Wildman–Crippen LogP) is 1.11. The fraction of sp³-hybridized carbons (Fsp3) is 0.278. The van der Waals surface area contributed by atoms with Gasteiger partial charge in [-0.15, -0.1) is 5.10 Å². The van der Waals surface area contributed by atoms with Crippen molar-refractivity contribution in [1.29, 1.82) is 0 Å². The minimum atomic E-state index is -1.45. The number of H-pyrrole nitrogens is 1. The molecule has 8 nitrogen and oxygen atoms in total. The first-order valence-corrected chi connectivity index (χ1v) is 8.22. The summed E-state index contributed by atoms with van der Waals surface area (Å²) >= 11 is 0. The van der Waals surface area contributed by atoms with Gasteiger partial charge in [-0.05, 0) is 19.9 Å². The summed E-state index contributed by atoms with van der Waals surface area (Å²) in [6, 6.07) is 7.29. The first-order chi connectivity index (χ1) is 12.4. The number of aryl methyl sites for hydroxylation is 1. The number of aromatic amines is 1. The molecule has 4 rings (SSSR count). The van der Waals surface area contributed by atoms with Crippen LogP contribution in [-0.2, 0) is 19.7 Å². The van der Waals surface area contributed by atoms with Crippen LogP contribution in [0.4, 0.5) is 5.69 Å². The number of nitrogens with two attached hydrogens (primary N) is 1. The zero-order valence-corrected chi connectivity index (χ0v) is 14.6. The molecule has 0 saturated carbocycles. The van der Waals surface area contributed by atoms with Gasteiger partial charge in [0.1, 0.15) is 11.0 Å². The molecule has 26 heavy (non-hydrogen) atoms. The number of para-hydroxylation sites is 1. The van der Waals surface area contributed by atoms with Crippen LogP contribution in [0.15, 0.2) is 35.7 Å². The zero-order valence-electron chi connectivity index (χ0n) is 14.6. The average Bonchev–Trinajstić information content (AvgIpc) is 3.08. The molecule has 2 aliphatic rings. The van der Waals surface area contributed by atoms with Crippen LogP contribution in [0.25, 0.3) is 0 Å². The lowest BCUT2D eigenvalue weighted by atomic mass is 9.68. The molecular formula is C18H18N4O4. The van der Waals surface area contributed by atoms with Gasteiger partial charge in [-0.25, -0.2) is 4.79 Å². The van der Waals surface area contributed by atoms with Crippen LogP contribution in [0.2, 0.25) is 0 Å². The van der Waals surface area contributed by atoms with E-state index in [9.17, 15) is 9.59 Å². The Morgan fingerprint density at radius 3 is 2.88 bits per heavy atom. The highest BCUT2D eigenvalue weighted by Crippen LogP contribution is 2.55. The monoisotopic (exact) mass is 354 g/mol. The summed E-state index contributed by atoms with van der Waals surface area (Å²) < 4.78 is 10.8. The van der Waals surface area contributed by atoms with Gasteiger partial charge in [0.15, 0.2) is 0 Å². The molecule has 3 heterocycles. The number of benzene rings is 1. The third kappa shape index (κ3) is 1.75. The number of hydrogen-bond donors (Lipinski definition) is 2. The standard InChI is InChI=1S/C18H18N4O4/c1-4-25-16(23)13-14(19)26-15-12(9(2)20-21-15)18(13)10-7-5-6-8-11(10)22(3)17(18)24/h5-8H,4,19H2,1-3H3,(H,20,21). The normalized spacial score (nSPS) is 20.9. The quantitative estimate of drug-likeness (QED) is 0.782. The number of likely N-dealkylation sites (N-methyl/N-ethyl adjacent to an activating group) is 1. The molecule has 0 saturated heterocycles. The number of hydrogen-bond acceptors (Lipinski definition) is 6. The highest BCUT2D eigenvalue weighted by atomic mass is 16.5. The number of nitrogens with one attached hydrogen (secondary N) is 1. The van der Waals surface area contributed by atoms with Gasteiger partial charge >= 0.3 is 5.97 Å². The summed E-state index contributed by atoms with van der Waals surface area (Å²) in [6.45, 7) is 3.61. The maximum atomic E-state index is 13.5. The Kier molecular flexibility index (Phi) is 3.33. The molecule has 1 atom stereocenters. The molecule has 8 heteroatoms. The number of rotatable bonds is 2. The fourth-order valence-corrected chi connectivity index (χ4v) is 3.89. The topological polar surface area (TPSA) is 111 Å². The number of aromatic nitrogens is 2. The summed E-state index contributed by atoms with van der Waals surface area (Å²) in [7, 11) is 1.67. The van der Waals surface area contributed by atoms with Crippen LogP contribution in [0.1, 0.15) is 23.7 Å². The minimum absolute atomic E-state index is 0.0156. The molecule has 0 radical (unpaired) electrons. The van der Waals surface area contributed by atoms with Crippen molar-refractivity contribution in [2.75, 3.05) is 18.6 Å². The van der Waals surface area contributed by atoms with Crippen molar-refractivity contribution >= 4 is 17.6 Å². The first-order valence-electron chi connectivity index (χ1n) is 8.22. The molecule has 0 fully saturated rings. The smallest absolute Gasteiger partial charge is 0.341 e. The molecule has 3 N–H and O–H groups in total. The number of anilines is 1. The molecule has 1 aromatic heterocycles. The van der Waals surface area contributed by atoms with Crippen LogP contribution in [0, 0.1) is 6.92 Å². The molecule has 0 bridgehead atoms. The van der Waals surface area contributed by atoms with Crippen LogP contribution < -0.4 is 15.4 Å². The largest absolute Gasteiger partial charge is 0.462 e. The first kappa shape index (κ1) is 16.2. The highest BCUT2D eigenvalue weighted by molar-refractivity contribution is 6.18. The van der Waals surface area contributed by atoms with E-state index in [0.717, 1.165) is 0 Å². The van der Waals surface area contributed by atoms with Gasteiger partial charge in [0.25, 0.3) is 0 Å². The maximum Gasteiger partial charge on any atom is 0.341 e. The Bertz CT molecular complexity index is 977. The van der Waals surface area contributed by atoms with Crippen LogP contribution in [0.3, 0.4) is 0 Å². The van der Waals surface area contributed by atoms with Crippen molar-refractivity contribution < 1.29 is 19.1 Å². The van der Waals surface area contributed by atoms with Gasteiger partial charge in [0.2, 0.25) is 17.7 Å². The summed E-state index contributed by atoms with van der Waals surface area (Å²) in [6.07, 6.45) is 0. The average molecular weight is 354 g/mol. The van der Waals surface area contributed by atoms with Gasteiger partial charge in [-0.2, -0.15) is 0 Å². The van der Waals surface area contributed by atoms with Gasteiger partial charge in [0.05, 0.1) is 12.2 Å².